The minimum Gasteiger partial charge on any atom is -0.481 e. The van der Waals surface area contributed by atoms with Crippen LogP contribution in [0.3, 0.4) is 0 Å². The Hall–Kier alpha value is -2.82. The molecule has 1 saturated carbocycles. The van der Waals surface area contributed by atoms with Crippen molar-refractivity contribution in [1.82, 2.24) is 5.32 Å². The van der Waals surface area contributed by atoms with Crippen LogP contribution in [0.1, 0.15) is 31.4 Å². The van der Waals surface area contributed by atoms with E-state index in [-0.39, 0.29) is 24.3 Å². The summed E-state index contributed by atoms with van der Waals surface area (Å²) in [4.78, 5) is 23.4. The Morgan fingerprint density at radius 2 is 1.81 bits per heavy atom. The van der Waals surface area contributed by atoms with Gasteiger partial charge in [0.15, 0.2) is 0 Å². The minimum absolute atomic E-state index is 0.0586. The second kappa shape index (κ2) is 6.83. The smallest absolute Gasteiger partial charge is 0.306 e. The van der Waals surface area contributed by atoms with Crippen LogP contribution in [-0.4, -0.2) is 23.0 Å². The molecule has 0 atom stereocenters. The summed E-state index contributed by atoms with van der Waals surface area (Å²) < 4.78 is 5.85. The average molecular weight is 351 g/mol. The van der Waals surface area contributed by atoms with Crippen LogP contribution in [0.2, 0.25) is 0 Å². The second-order valence-corrected chi connectivity index (χ2v) is 7.04. The lowest BCUT2D eigenvalue weighted by Gasteiger charge is -2.26. The van der Waals surface area contributed by atoms with Gasteiger partial charge in [-0.1, -0.05) is 30.3 Å². The average Bonchev–Trinajstić information content (AvgIpc) is 3.05. The van der Waals surface area contributed by atoms with E-state index in [1.54, 1.807) is 0 Å². The lowest BCUT2D eigenvalue weighted by molar-refractivity contribution is -0.142. The number of fused-ring (bicyclic) bond motifs is 3. The Balaban J connectivity index is 1.43. The molecule has 3 aromatic rings. The van der Waals surface area contributed by atoms with Gasteiger partial charge in [0.2, 0.25) is 5.91 Å². The fraction of sp³-hybridized carbons (Fsp3) is 0.333. The van der Waals surface area contributed by atoms with Crippen LogP contribution in [-0.2, 0) is 16.0 Å². The number of carbonyl (C=O) groups is 2. The molecule has 1 heterocycles. The van der Waals surface area contributed by atoms with Crippen molar-refractivity contribution in [3.63, 3.8) is 0 Å². The fourth-order valence-electron chi connectivity index (χ4n) is 3.85. The quantitative estimate of drug-likeness (QED) is 0.747. The minimum atomic E-state index is -0.732. The van der Waals surface area contributed by atoms with Crippen molar-refractivity contribution in [2.75, 3.05) is 0 Å². The monoisotopic (exact) mass is 351 g/mol. The number of carboxylic acids is 1. The first-order valence-corrected chi connectivity index (χ1v) is 9.02. The van der Waals surface area contributed by atoms with Crippen molar-refractivity contribution in [3.05, 3.63) is 48.2 Å². The van der Waals surface area contributed by atoms with Gasteiger partial charge in [0.1, 0.15) is 11.3 Å². The van der Waals surface area contributed by atoms with Crippen LogP contribution in [0.15, 0.2) is 46.9 Å². The lowest BCUT2D eigenvalue weighted by atomic mass is 9.86. The highest BCUT2D eigenvalue weighted by atomic mass is 16.4. The number of amides is 1. The van der Waals surface area contributed by atoms with Crippen LogP contribution in [0.25, 0.3) is 21.7 Å². The van der Waals surface area contributed by atoms with E-state index in [9.17, 15) is 9.59 Å². The van der Waals surface area contributed by atoms with Gasteiger partial charge in [-0.2, -0.15) is 0 Å². The molecule has 134 valence electrons. The molecule has 0 saturated heterocycles. The molecule has 0 unspecified atom stereocenters. The van der Waals surface area contributed by atoms with Gasteiger partial charge < -0.3 is 14.8 Å². The van der Waals surface area contributed by atoms with Crippen LogP contribution in [0.5, 0.6) is 0 Å². The molecule has 26 heavy (non-hydrogen) atoms. The summed E-state index contributed by atoms with van der Waals surface area (Å²) >= 11 is 0. The molecule has 1 aliphatic carbocycles. The Bertz CT molecular complexity index is 966. The number of benzene rings is 2. The molecule has 5 nitrogen and oxygen atoms in total. The zero-order chi connectivity index (χ0) is 18.1. The molecular formula is C21H21NO4. The normalized spacial score (nSPS) is 20.3. The standard InChI is InChI=1S/C21H21NO4/c23-20(22-15-8-5-14(6-9-15)21(24)25)12-16-11-18-17-4-2-1-3-13(17)7-10-19(18)26-16/h1-4,7,10-11,14-15H,5-6,8-9,12H2,(H,22,23)(H,24,25). The Morgan fingerprint density at radius 3 is 2.58 bits per heavy atom. The molecule has 5 heteroatoms. The first-order chi connectivity index (χ1) is 12.6. The van der Waals surface area contributed by atoms with E-state index in [1.807, 2.05) is 30.3 Å². The summed E-state index contributed by atoms with van der Waals surface area (Å²) in [5.74, 6) is -0.434. The molecule has 1 aromatic heterocycles. The van der Waals surface area contributed by atoms with E-state index in [0.717, 1.165) is 21.7 Å². The van der Waals surface area contributed by atoms with Crippen LogP contribution in [0.4, 0.5) is 0 Å². The van der Waals surface area contributed by atoms with Gasteiger partial charge in [0.05, 0.1) is 12.3 Å². The Kier molecular flexibility index (Phi) is 4.37. The number of rotatable bonds is 4. The fourth-order valence-corrected chi connectivity index (χ4v) is 3.85. The van der Waals surface area contributed by atoms with Crippen molar-refractivity contribution < 1.29 is 19.1 Å². The molecular weight excluding hydrogens is 330 g/mol. The highest BCUT2D eigenvalue weighted by Gasteiger charge is 2.26. The maximum Gasteiger partial charge on any atom is 0.306 e. The first kappa shape index (κ1) is 16.6. The van der Waals surface area contributed by atoms with Gasteiger partial charge in [-0.15, -0.1) is 0 Å². The highest BCUT2D eigenvalue weighted by Crippen LogP contribution is 2.28. The lowest BCUT2D eigenvalue weighted by Crippen LogP contribution is -2.39. The molecule has 2 N–H and O–H groups in total. The highest BCUT2D eigenvalue weighted by molar-refractivity contribution is 6.06. The Morgan fingerprint density at radius 1 is 1.04 bits per heavy atom. The van der Waals surface area contributed by atoms with Gasteiger partial charge in [0.25, 0.3) is 0 Å². The molecule has 0 spiro atoms. The third-order valence-corrected chi connectivity index (χ3v) is 5.25. The first-order valence-electron chi connectivity index (χ1n) is 9.02. The largest absolute Gasteiger partial charge is 0.481 e. The number of aliphatic carboxylic acids is 1. The number of furan rings is 1. The molecule has 0 aliphatic heterocycles. The van der Waals surface area contributed by atoms with E-state index in [4.69, 9.17) is 9.52 Å². The van der Waals surface area contributed by atoms with E-state index in [2.05, 4.69) is 17.4 Å². The van der Waals surface area contributed by atoms with Crippen molar-refractivity contribution in [2.24, 2.45) is 5.92 Å². The third kappa shape index (κ3) is 3.29. The number of nitrogens with one attached hydrogen (secondary N) is 1. The summed E-state index contributed by atoms with van der Waals surface area (Å²) in [6.07, 6.45) is 2.87. The zero-order valence-corrected chi connectivity index (χ0v) is 14.4. The van der Waals surface area contributed by atoms with Crippen LogP contribution in [0, 0.1) is 5.92 Å². The predicted molar refractivity (Wildman–Crippen MR) is 98.9 cm³/mol. The van der Waals surface area contributed by atoms with E-state index in [0.29, 0.717) is 31.4 Å². The zero-order valence-electron chi connectivity index (χ0n) is 14.4. The van der Waals surface area contributed by atoms with Crippen molar-refractivity contribution in [1.29, 1.82) is 0 Å². The molecule has 0 radical (unpaired) electrons. The Labute approximate surface area is 151 Å². The summed E-state index contributed by atoms with van der Waals surface area (Å²) in [6.45, 7) is 0. The van der Waals surface area contributed by atoms with Gasteiger partial charge in [-0.3, -0.25) is 9.59 Å². The van der Waals surface area contributed by atoms with Gasteiger partial charge >= 0.3 is 5.97 Å². The molecule has 2 aromatic carbocycles. The van der Waals surface area contributed by atoms with Crippen LogP contribution >= 0.6 is 0 Å². The van der Waals surface area contributed by atoms with E-state index in [1.165, 1.54) is 0 Å². The van der Waals surface area contributed by atoms with Crippen molar-refractivity contribution in [2.45, 2.75) is 38.1 Å². The predicted octanol–water partition coefficient (Wildman–Crippen LogP) is 3.89. The maximum atomic E-state index is 12.3. The number of hydrogen-bond acceptors (Lipinski definition) is 3. The topological polar surface area (TPSA) is 79.5 Å². The van der Waals surface area contributed by atoms with Crippen molar-refractivity contribution >= 4 is 33.6 Å². The number of carboxylic acid groups (broad SMARTS) is 1. The summed E-state index contributed by atoms with van der Waals surface area (Å²) in [7, 11) is 0. The number of carbonyl (C=O) groups excluding carboxylic acids is 1. The summed E-state index contributed by atoms with van der Waals surface area (Å²) in [6, 6.07) is 14.1. The number of hydrogen-bond donors (Lipinski definition) is 2. The summed E-state index contributed by atoms with van der Waals surface area (Å²) in [5, 5.41) is 15.3. The molecule has 4 rings (SSSR count). The maximum absolute atomic E-state index is 12.3. The SMILES string of the molecule is O=C(Cc1cc2c(ccc3ccccc32)o1)NC1CCC(C(=O)O)CC1. The molecule has 0 bridgehead atoms. The van der Waals surface area contributed by atoms with Crippen LogP contribution < -0.4 is 5.32 Å². The van der Waals surface area contributed by atoms with E-state index >= 15 is 0 Å². The second-order valence-electron chi connectivity index (χ2n) is 7.04. The van der Waals surface area contributed by atoms with Crippen molar-refractivity contribution in [3.8, 4) is 0 Å². The van der Waals surface area contributed by atoms with E-state index < -0.39 is 5.97 Å². The molecule has 1 amide bonds. The molecule has 1 aliphatic rings. The van der Waals surface area contributed by atoms with Gasteiger partial charge in [0, 0.05) is 11.4 Å². The summed E-state index contributed by atoms with van der Waals surface area (Å²) in [5.41, 5.74) is 0.786. The van der Waals surface area contributed by atoms with Gasteiger partial charge in [-0.05, 0) is 48.6 Å². The third-order valence-electron chi connectivity index (χ3n) is 5.25. The van der Waals surface area contributed by atoms with Gasteiger partial charge in [-0.25, -0.2) is 0 Å². The molecule has 1 fully saturated rings.